The highest BCUT2D eigenvalue weighted by Crippen LogP contribution is 2.31. The Morgan fingerprint density at radius 1 is 1.31 bits per heavy atom. The molecule has 0 heterocycles. The van der Waals surface area contributed by atoms with Crippen molar-refractivity contribution in [1.29, 1.82) is 0 Å². The van der Waals surface area contributed by atoms with E-state index in [4.69, 9.17) is 0 Å². The average molecular weight is 174 g/mol. The summed E-state index contributed by atoms with van der Waals surface area (Å²) in [5.41, 5.74) is 0. The lowest BCUT2D eigenvalue weighted by atomic mass is 9.82. The molecule has 0 fully saturated rings. The van der Waals surface area contributed by atoms with Gasteiger partial charge in [0.15, 0.2) is 5.78 Å². The van der Waals surface area contributed by atoms with E-state index >= 15 is 0 Å². The molecule has 0 N–H and O–H groups in total. The Balaban J connectivity index is 2.37. The van der Waals surface area contributed by atoms with E-state index in [0.29, 0.717) is 11.8 Å². The van der Waals surface area contributed by atoms with Crippen molar-refractivity contribution in [2.75, 3.05) is 0 Å². The molecule has 0 radical (unpaired) electrons. The number of carbonyl (C=O) groups excluding carboxylic acids is 1. The largest absolute Gasteiger partial charge is 0.294 e. The van der Waals surface area contributed by atoms with Crippen molar-refractivity contribution in [3.63, 3.8) is 0 Å². The summed E-state index contributed by atoms with van der Waals surface area (Å²) in [7, 11) is 0. The molecule has 0 amide bonds. The van der Waals surface area contributed by atoms with Crippen LogP contribution in [0.25, 0.3) is 0 Å². The van der Waals surface area contributed by atoms with Crippen LogP contribution in [-0.4, -0.2) is 5.78 Å². The number of allylic oxidation sites excluding steroid dienone is 6. The van der Waals surface area contributed by atoms with Crippen molar-refractivity contribution in [2.24, 2.45) is 17.8 Å². The lowest BCUT2D eigenvalue weighted by molar-refractivity contribution is -0.118. The van der Waals surface area contributed by atoms with Gasteiger partial charge in [0.25, 0.3) is 0 Å². The zero-order valence-electron chi connectivity index (χ0n) is 7.81. The molecule has 0 spiro atoms. The van der Waals surface area contributed by atoms with Crippen LogP contribution in [0.5, 0.6) is 0 Å². The highest BCUT2D eigenvalue weighted by atomic mass is 16.1. The number of ketones is 1. The van der Waals surface area contributed by atoms with Gasteiger partial charge in [-0.15, -0.1) is 0 Å². The van der Waals surface area contributed by atoms with Gasteiger partial charge < -0.3 is 0 Å². The molecule has 2 aliphatic rings. The quantitative estimate of drug-likeness (QED) is 0.551. The fourth-order valence-corrected chi connectivity index (χ4v) is 2.11. The first-order valence-electron chi connectivity index (χ1n) is 4.84. The Labute approximate surface area is 78.8 Å². The molecule has 3 atom stereocenters. The van der Waals surface area contributed by atoms with E-state index < -0.39 is 0 Å². The van der Waals surface area contributed by atoms with Crippen LogP contribution in [0.2, 0.25) is 0 Å². The van der Waals surface area contributed by atoms with Gasteiger partial charge in [0, 0.05) is 5.92 Å². The SMILES string of the molecule is CC1[C@@H]2C=CC=C[C@H]1CC=CC2=O. The summed E-state index contributed by atoms with van der Waals surface area (Å²) in [4.78, 5) is 11.6. The average Bonchev–Trinajstić information content (AvgIpc) is 2.36. The van der Waals surface area contributed by atoms with Crippen molar-refractivity contribution in [1.82, 2.24) is 0 Å². The molecule has 1 heteroatoms. The maximum Gasteiger partial charge on any atom is 0.162 e. The Hall–Kier alpha value is -1.11. The second-order valence-electron chi connectivity index (χ2n) is 3.86. The Bertz CT molecular complexity index is 296. The monoisotopic (exact) mass is 174 g/mol. The molecular weight excluding hydrogens is 160 g/mol. The summed E-state index contributed by atoms with van der Waals surface area (Å²) < 4.78 is 0. The highest BCUT2D eigenvalue weighted by molar-refractivity contribution is 5.93. The molecule has 13 heavy (non-hydrogen) atoms. The Morgan fingerprint density at radius 3 is 2.92 bits per heavy atom. The molecule has 1 nitrogen and oxygen atoms in total. The van der Waals surface area contributed by atoms with Crippen LogP contribution in [-0.2, 0) is 4.79 Å². The molecule has 2 rings (SSSR count). The molecule has 68 valence electrons. The molecule has 0 aromatic carbocycles. The van der Waals surface area contributed by atoms with Gasteiger partial charge in [-0.3, -0.25) is 4.79 Å². The summed E-state index contributed by atoms with van der Waals surface area (Å²) in [5, 5.41) is 0. The molecule has 0 saturated heterocycles. The zero-order chi connectivity index (χ0) is 9.26. The van der Waals surface area contributed by atoms with E-state index in [-0.39, 0.29) is 11.7 Å². The Kier molecular flexibility index (Phi) is 2.17. The third-order valence-electron chi connectivity index (χ3n) is 3.05. The molecule has 0 aromatic heterocycles. The second-order valence-corrected chi connectivity index (χ2v) is 3.86. The van der Waals surface area contributed by atoms with Crippen LogP contribution in [0.3, 0.4) is 0 Å². The standard InChI is InChI=1S/C12H14O/c1-9-10-5-2-3-7-11(9)12(13)8-4-6-10/h2-5,7-11H,6H2,1H3/t9?,10-,11-/m0/s1. The lowest BCUT2D eigenvalue weighted by Crippen LogP contribution is -2.21. The van der Waals surface area contributed by atoms with Gasteiger partial charge in [0.1, 0.15) is 0 Å². The first kappa shape index (κ1) is 8.49. The molecular formula is C12H14O. The van der Waals surface area contributed by atoms with Crippen LogP contribution in [0.1, 0.15) is 13.3 Å². The molecule has 0 saturated carbocycles. The highest BCUT2D eigenvalue weighted by Gasteiger charge is 2.28. The summed E-state index contributed by atoms with van der Waals surface area (Å²) in [6.07, 6.45) is 13.0. The van der Waals surface area contributed by atoms with E-state index in [1.165, 1.54) is 0 Å². The summed E-state index contributed by atoms with van der Waals surface area (Å²) >= 11 is 0. The minimum atomic E-state index is 0.0961. The van der Waals surface area contributed by atoms with Crippen LogP contribution in [0, 0.1) is 17.8 Å². The summed E-state index contributed by atoms with van der Waals surface area (Å²) in [6, 6.07) is 0. The zero-order valence-corrected chi connectivity index (χ0v) is 7.81. The van der Waals surface area contributed by atoms with Gasteiger partial charge in [-0.1, -0.05) is 37.3 Å². The van der Waals surface area contributed by atoms with Gasteiger partial charge in [-0.25, -0.2) is 0 Å². The maximum atomic E-state index is 11.6. The second kappa shape index (κ2) is 3.33. The molecule has 1 unspecified atom stereocenters. The minimum Gasteiger partial charge on any atom is -0.294 e. The third kappa shape index (κ3) is 1.51. The van der Waals surface area contributed by atoms with Crippen molar-refractivity contribution in [3.05, 3.63) is 36.5 Å². The number of fused-ring (bicyclic) bond motifs is 2. The number of hydrogen-bond donors (Lipinski definition) is 0. The van der Waals surface area contributed by atoms with Crippen molar-refractivity contribution in [2.45, 2.75) is 13.3 Å². The topological polar surface area (TPSA) is 17.1 Å². The van der Waals surface area contributed by atoms with E-state index in [1.807, 2.05) is 18.2 Å². The van der Waals surface area contributed by atoms with Crippen LogP contribution < -0.4 is 0 Å². The van der Waals surface area contributed by atoms with Gasteiger partial charge in [-0.2, -0.15) is 0 Å². The fourth-order valence-electron chi connectivity index (χ4n) is 2.11. The molecule has 2 aliphatic carbocycles. The number of rotatable bonds is 0. The molecule has 0 aromatic rings. The van der Waals surface area contributed by atoms with Crippen LogP contribution in [0.4, 0.5) is 0 Å². The van der Waals surface area contributed by atoms with Crippen molar-refractivity contribution < 1.29 is 4.79 Å². The first-order chi connectivity index (χ1) is 6.29. The predicted octanol–water partition coefficient (Wildman–Crippen LogP) is 2.51. The smallest absolute Gasteiger partial charge is 0.162 e. The van der Waals surface area contributed by atoms with E-state index in [2.05, 4.69) is 19.1 Å². The van der Waals surface area contributed by atoms with Crippen LogP contribution in [0.15, 0.2) is 36.5 Å². The Morgan fingerprint density at radius 2 is 2.08 bits per heavy atom. The van der Waals surface area contributed by atoms with Gasteiger partial charge in [0.2, 0.25) is 0 Å². The normalized spacial score (nSPS) is 37.3. The molecule has 0 aliphatic heterocycles. The van der Waals surface area contributed by atoms with E-state index in [1.54, 1.807) is 6.08 Å². The third-order valence-corrected chi connectivity index (χ3v) is 3.05. The molecule has 2 bridgehead atoms. The summed E-state index contributed by atoms with van der Waals surface area (Å²) in [5.74, 6) is 1.33. The van der Waals surface area contributed by atoms with Crippen LogP contribution >= 0.6 is 0 Å². The number of hydrogen-bond acceptors (Lipinski definition) is 1. The lowest BCUT2D eigenvalue weighted by Gasteiger charge is -2.21. The van der Waals surface area contributed by atoms with Gasteiger partial charge in [0.05, 0.1) is 0 Å². The van der Waals surface area contributed by atoms with Crippen molar-refractivity contribution in [3.8, 4) is 0 Å². The first-order valence-corrected chi connectivity index (χ1v) is 4.84. The van der Waals surface area contributed by atoms with Crippen molar-refractivity contribution >= 4 is 5.78 Å². The van der Waals surface area contributed by atoms with E-state index in [0.717, 1.165) is 6.42 Å². The maximum absolute atomic E-state index is 11.6. The predicted molar refractivity (Wildman–Crippen MR) is 53.2 cm³/mol. The van der Waals surface area contributed by atoms with E-state index in [9.17, 15) is 4.79 Å². The van der Waals surface area contributed by atoms with Gasteiger partial charge >= 0.3 is 0 Å². The van der Waals surface area contributed by atoms with Gasteiger partial charge in [-0.05, 0) is 24.3 Å². The number of carbonyl (C=O) groups is 1. The summed E-state index contributed by atoms with van der Waals surface area (Å²) in [6.45, 7) is 2.17. The minimum absolute atomic E-state index is 0.0961. The fraction of sp³-hybridized carbons (Fsp3) is 0.417.